The van der Waals surface area contributed by atoms with Crippen molar-refractivity contribution in [3.8, 4) is 17.3 Å². The van der Waals surface area contributed by atoms with Crippen LogP contribution in [0.2, 0.25) is 0 Å². The number of anilines is 1. The van der Waals surface area contributed by atoms with Crippen LogP contribution in [0.25, 0.3) is 28.1 Å². The molecule has 3 aromatic rings. The van der Waals surface area contributed by atoms with E-state index in [-0.39, 0.29) is 6.54 Å². The van der Waals surface area contributed by atoms with Crippen molar-refractivity contribution in [3.63, 3.8) is 0 Å². The molecular formula is C26H31N5O4S. The molecule has 1 fully saturated rings. The zero-order valence-electron chi connectivity index (χ0n) is 20.4. The van der Waals surface area contributed by atoms with E-state index in [1.165, 1.54) is 11.8 Å². The maximum absolute atomic E-state index is 12.5. The number of nitrogens with zero attached hydrogens (tertiary/aromatic N) is 4. The fraction of sp³-hybridized carbons (Fsp3) is 0.346. The average Bonchev–Trinajstić information content (AvgIpc) is 3.25. The molecule has 190 valence electrons. The fourth-order valence-electron chi connectivity index (χ4n) is 4.27. The van der Waals surface area contributed by atoms with E-state index in [0.717, 1.165) is 48.2 Å². The Morgan fingerprint density at radius 2 is 1.78 bits per heavy atom. The maximum atomic E-state index is 12.5. The normalized spacial score (nSPS) is 16.3. The Morgan fingerprint density at radius 3 is 2.47 bits per heavy atom. The number of nitrogens with one attached hydrogen (secondary N) is 1. The van der Waals surface area contributed by atoms with Crippen molar-refractivity contribution in [2.45, 2.75) is 6.10 Å². The largest absolute Gasteiger partial charge is 0.394 e. The van der Waals surface area contributed by atoms with Crippen LogP contribution in [0, 0.1) is 11.3 Å². The van der Waals surface area contributed by atoms with Crippen LogP contribution in [-0.2, 0) is 17.1 Å². The van der Waals surface area contributed by atoms with Gasteiger partial charge in [0, 0.05) is 56.8 Å². The van der Waals surface area contributed by atoms with E-state index in [1.807, 2.05) is 23.7 Å². The van der Waals surface area contributed by atoms with Gasteiger partial charge in [-0.05, 0) is 59.8 Å². The zero-order valence-corrected chi connectivity index (χ0v) is 21.2. The van der Waals surface area contributed by atoms with E-state index in [4.69, 9.17) is 5.11 Å². The third-order valence-corrected chi connectivity index (χ3v) is 7.88. The lowest BCUT2D eigenvalue weighted by Gasteiger charge is -2.34. The first-order valence-electron chi connectivity index (χ1n) is 11.8. The number of aliphatic hydroxyl groups excluding tert-OH is 2. The molecule has 1 aliphatic rings. The number of hydrogen-bond donors (Lipinski definition) is 3. The molecule has 1 saturated heterocycles. The average molecular weight is 510 g/mol. The molecule has 1 atom stereocenters. The van der Waals surface area contributed by atoms with Gasteiger partial charge in [0.2, 0.25) is 0 Å². The number of nitriles is 1. The van der Waals surface area contributed by atoms with Gasteiger partial charge in [-0.3, -0.25) is 0 Å². The van der Waals surface area contributed by atoms with Crippen LogP contribution >= 0.6 is 0 Å². The van der Waals surface area contributed by atoms with Gasteiger partial charge in [-0.25, -0.2) is 13.1 Å². The van der Waals surface area contributed by atoms with Gasteiger partial charge in [0.05, 0.1) is 12.7 Å². The predicted octanol–water partition coefficient (Wildman–Crippen LogP) is 1.73. The standard InChI is InChI=1S/C26H31N5O4S/c1-29-9-11-31(12-10-29)23-6-5-19-13-21(4-3-20(19)14-23)26-8-7-22(30(26)2)15-25(16-27)36(34,35)28-17-24(33)18-32/h3-8,13-15,24,28,32-33H,9-12,17-18H2,1-2H3. The minimum Gasteiger partial charge on any atom is -0.394 e. The third-order valence-electron chi connectivity index (χ3n) is 6.55. The molecule has 3 N–H and O–H groups in total. The van der Waals surface area contributed by atoms with Crippen LogP contribution in [0.3, 0.4) is 0 Å². The number of sulfonamides is 1. The van der Waals surface area contributed by atoms with Gasteiger partial charge in [-0.15, -0.1) is 0 Å². The molecule has 10 heteroatoms. The summed E-state index contributed by atoms with van der Waals surface area (Å²) in [6, 6.07) is 18.1. The van der Waals surface area contributed by atoms with Gasteiger partial charge in [-0.2, -0.15) is 5.26 Å². The van der Waals surface area contributed by atoms with Crippen LogP contribution in [0.5, 0.6) is 0 Å². The quantitative estimate of drug-likeness (QED) is 0.396. The number of piperazine rings is 1. The van der Waals surface area contributed by atoms with Crippen molar-refractivity contribution >= 4 is 32.6 Å². The topological polar surface area (TPSA) is 122 Å². The summed E-state index contributed by atoms with van der Waals surface area (Å²) >= 11 is 0. The summed E-state index contributed by atoms with van der Waals surface area (Å²) in [5, 5.41) is 30.0. The van der Waals surface area contributed by atoms with Gasteiger partial charge in [-0.1, -0.05) is 18.2 Å². The molecule has 2 aromatic carbocycles. The second kappa shape index (κ2) is 10.8. The number of aliphatic hydroxyl groups is 2. The first-order valence-corrected chi connectivity index (χ1v) is 13.2. The minimum absolute atomic E-state index is 0.385. The Labute approximate surface area is 211 Å². The monoisotopic (exact) mass is 509 g/mol. The highest BCUT2D eigenvalue weighted by molar-refractivity contribution is 7.93. The Kier molecular flexibility index (Phi) is 7.78. The molecule has 36 heavy (non-hydrogen) atoms. The van der Waals surface area contributed by atoms with Crippen LogP contribution < -0.4 is 9.62 Å². The van der Waals surface area contributed by atoms with Crippen LogP contribution in [0.4, 0.5) is 5.69 Å². The summed E-state index contributed by atoms with van der Waals surface area (Å²) in [5.41, 5.74) is 3.62. The lowest BCUT2D eigenvalue weighted by atomic mass is 10.0. The number of hydrogen-bond acceptors (Lipinski definition) is 7. The SMILES string of the molecule is CN1CCN(c2ccc3cc(-c4ccc(C=C(C#N)S(=O)(=O)NCC(O)CO)n4C)ccc3c2)CC1. The highest BCUT2D eigenvalue weighted by atomic mass is 32.2. The molecule has 1 unspecified atom stereocenters. The molecule has 1 aromatic heterocycles. The smallest absolute Gasteiger partial charge is 0.250 e. The van der Waals surface area contributed by atoms with E-state index in [9.17, 15) is 18.8 Å². The summed E-state index contributed by atoms with van der Waals surface area (Å²) in [7, 11) is -0.178. The number of aromatic nitrogens is 1. The summed E-state index contributed by atoms with van der Waals surface area (Å²) in [5.74, 6) is 0. The van der Waals surface area contributed by atoms with E-state index in [2.05, 4.69) is 51.9 Å². The van der Waals surface area contributed by atoms with Gasteiger partial charge >= 0.3 is 0 Å². The Balaban J connectivity index is 1.58. The molecule has 9 nitrogen and oxygen atoms in total. The summed E-state index contributed by atoms with van der Waals surface area (Å²) in [6.45, 7) is 3.16. The maximum Gasteiger partial charge on any atom is 0.250 e. The predicted molar refractivity (Wildman–Crippen MR) is 142 cm³/mol. The third kappa shape index (κ3) is 5.61. The van der Waals surface area contributed by atoms with E-state index < -0.39 is 27.6 Å². The van der Waals surface area contributed by atoms with Crippen LogP contribution in [0.15, 0.2) is 53.4 Å². The zero-order chi connectivity index (χ0) is 25.9. The van der Waals surface area contributed by atoms with Crippen molar-refractivity contribution in [2.24, 2.45) is 7.05 Å². The highest BCUT2D eigenvalue weighted by Crippen LogP contribution is 2.29. The van der Waals surface area contributed by atoms with E-state index in [0.29, 0.717) is 5.69 Å². The van der Waals surface area contributed by atoms with Gasteiger partial charge < -0.3 is 24.6 Å². The number of rotatable bonds is 8. The van der Waals surface area contributed by atoms with Gasteiger partial charge in [0.1, 0.15) is 6.07 Å². The molecule has 2 heterocycles. The second-order valence-corrected chi connectivity index (χ2v) is 10.8. The molecule has 0 saturated carbocycles. The number of allylic oxidation sites excluding steroid dienone is 1. The molecule has 0 amide bonds. The summed E-state index contributed by atoms with van der Waals surface area (Å²) < 4.78 is 28.9. The summed E-state index contributed by atoms with van der Waals surface area (Å²) in [6.07, 6.45) is 0.0486. The van der Waals surface area contributed by atoms with E-state index in [1.54, 1.807) is 12.1 Å². The van der Waals surface area contributed by atoms with Crippen molar-refractivity contribution in [1.29, 1.82) is 5.26 Å². The lowest BCUT2D eigenvalue weighted by molar-refractivity contribution is 0.0989. The second-order valence-electron chi connectivity index (χ2n) is 9.05. The molecule has 0 aliphatic carbocycles. The Hall–Kier alpha value is -3.20. The molecular weight excluding hydrogens is 478 g/mol. The molecule has 0 radical (unpaired) electrons. The Bertz CT molecular complexity index is 1420. The van der Waals surface area contributed by atoms with Crippen molar-refractivity contribution in [1.82, 2.24) is 14.2 Å². The first-order chi connectivity index (χ1) is 17.2. The lowest BCUT2D eigenvalue weighted by Crippen LogP contribution is -2.44. The number of benzene rings is 2. The minimum atomic E-state index is -4.13. The summed E-state index contributed by atoms with van der Waals surface area (Å²) in [4.78, 5) is 4.26. The van der Waals surface area contributed by atoms with Crippen molar-refractivity contribution in [2.75, 3.05) is 51.3 Å². The first kappa shape index (κ1) is 25.9. The highest BCUT2D eigenvalue weighted by Gasteiger charge is 2.20. The van der Waals surface area contributed by atoms with Crippen LogP contribution in [0.1, 0.15) is 5.69 Å². The molecule has 1 aliphatic heterocycles. The van der Waals surface area contributed by atoms with Crippen molar-refractivity contribution < 1.29 is 18.6 Å². The number of fused-ring (bicyclic) bond motifs is 1. The molecule has 4 rings (SSSR count). The van der Waals surface area contributed by atoms with Gasteiger partial charge in [0.15, 0.2) is 4.91 Å². The fourth-order valence-corrected chi connectivity index (χ4v) is 5.23. The van der Waals surface area contributed by atoms with Gasteiger partial charge in [0.25, 0.3) is 10.0 Å². The molecule has 0 spiro atoms. The Morgan fingerprint density at radius 1 is 1.08 bits per heavy atom. The molecule has 0 bridgehead atoms. The van der Waals surface area contributed by atoms with Crippen molar-refractivity contribution in [3.05, 3.63) is 59.1 Å². The number of likely N-dealkylation sites (N-methyl/N-ethyl adjacent to an activating group) is 1. The van der Waals surface area contributed by atoms with Crippen LogP contribution in [-0.4, -0.2) is 80.6 Å². The van der Waals surface area contributed by atoms with E-state index >= 15 is 0 Å².